The van der Waals surface area contributed by atoms with E-state index in [1.807, 2.05) is 12.1 Å². The summed E-state index contributed by atoms with van der Waals surface area (Å²) in [7, 11) is 0. The quantitative estimate of drug-likeness (QED) is 0.523. The first-order chi connectivity index (χ1) is 11.6. The second-order valence-corrected chi connectivity index (χ2v) is 6.19. The summed E-state index contributed by atoms with van der Waals surface area (Å²) in [4.78, 5) is 37.4. The smallest absolute Gasteiger partial charge is 0.255 e. The van der Waals surface area contributed by atoms with Gasteiger partial charge in [-0.2, -0.15) is 0 Å². The highest BCUT2D eigenvalue weighted by molar-refractivity contribution is 6.05. The topological polar surface area (TPSA) is 105 Å². The number of piperidine rings is 1. The molecule has 0 aromatic heterocycles. The zero-order chi connectivity index (χ0) is 17.1. The number of amides is 3. The molecule has 0 radical (unpaired) electrons. The van der Waals surface area contributed by atoms with Gasteiger partial charge in [0.25, 0.3) is 5.91 Å². The van der Waals surface area contributed by atoms with Gasteiger partial charge in [0.1, 0.15) is 6.04 Å². The van der Waals surface area contributed by atoms with Crippen molar-refractivity contribution in [2.45, 2.75) is 38.3 Å². The predicted molar refractivity (Wildman–Crippen MR) is 89.3 cm³/mol. The van der Waals surface area contributed by atoms with Crippen LogP contribution in [0.4, 0.5) is 5.69 Å². The van der Waals surface area contributed by atoms with Crippen molar-refractivity contribution in [3.05, 3.63) is 29.3 Å². The van der Waals surface area contributed by atoms with E-state index in [1.165, 1.54) is 0 Å². The molecule has 2 aliphatic rings. The SMILES string of the molecule is NCCCCNc1ccc2c(c1)CN(C1CCC(=O)NC1=O)C2=O. The van der Waals surface area contributed by atoms with Gasteiger partial charge in [0.2, 0.25) is 11.8 Å². The maximum absolute atomic E-state index is 12.6. The molecule has 2 aliphatic heterocycles. The Hall–Kier alpha value is -2.41. The molecule has 3 amide bonds. The summed E-state index contributed by atoms with van der Waals surface area (Å²) < 4.78 is 0. The zero-order valence-corrected chi connectivity index (χ0v) is 13.5. The van der Waals surface area contributed by atoms with Crippen molar-refractivity contribution in [1.29, 1.82) is 0 Å². The number of anilines is 1. The molecule has 2 heterocycles. The minimum atomic E-state index is -0.566. The molecule has 1 aromatic carbocycles. The molecule has 1 aromatic rings. The van der Waals surface area contributed by atoms with Crippen LogP contribution in [0, 0.1) is 0 Å². The fraction of sp³-hybridized carbons (Fsp3) is 0.471. The summed E-state index contributed by atoms with van der Waals surface area (Å²) in [6.45, 7) is 1.92. The molecule has 4 N–H and O–H groups in total. The fourth-order valence-electron chi connectivity index (χ4n) is 3.19. The van der Waals surface area contributed by atoms with Crippen molar-refractivity contribution in [3.63, 3.8) is 0 Å². The van der Waals surface area contributed by atoms with Crippen molar-refractivity contribution >= 4 is 23.4 Å². The number of fused-ring (bicyclic) bond motifs is 1. The lowest BCUT2D eigenvalue weighted by atomic mass is 10.0. The maximum Gasteiger partial charge on any atom is 0.255 e. The molecule has 0 bridgehead atoms. The minimum absolute atomic E-state index is 0.144. The molecular formula is C17H22N4O3. The Morgan fingerprint density at radius 1 is 1.25 bits per heavy atom. The highest BCUT2D eigenvalue weighted by atomic mass is 16.2. The first kappa shape index (κ1) is 16.4. The number of rotatable bonds is 6. The first-order valence-electron chi connectivity index (χ1n) is 8.31. The Balaban J connectivity index is 1.68. The summed E-state index contributed by atoms with van der Waals surface area (Å²) >= 11 is 0. The van der Waals surface area contributed by atoms with E-state index < -0.39 is 6.04 Å². The third kappa shape index (κ3) is 3.26. The number of benzene rings is 1. The standard InChI is InChI=1S/C17H22N4O3/c18-7-1-2-8-19-12-3-4-13-11(9-12)10-21(17(13)24)14-5-6-15(22)20-16(14)23/h3-4,9,14,19H,1-2,5-8,10,18H2,(H,20,22,23). The van der Waals surface area contributed by atoms with Gasteiger partial charge in [0.15, 0.2) is 0 Å². The van der Waals surface area contributed by atoms with E-state index in [0.717, 1.165) is 30.6 Å². The van der Waals surface area contributed by atoms with E-state index in [4.69, 9.17) is 5.73 Å². The summed E-state index contributed by atoms with van der Waals surface area (Å²) in [5.41, 5.74) is 7.98. The number of carbonyl (C=O) groups is 3. The molecule has 7 heteroatoms. The maximum atomic E-state index is 12.6. The largest absolute Gasteiger partial charge is 0.385 e. The molecule has 3 rings (SSSR count). The highest BCUT2D eigenvalue weighted by Gasteiger charge is 2.38. The monoisotopic (exact) mass is 330 g/mol. The van der Waals surface area contributed by atoms with Gasteiger partial charge in [-0.15, -0.1) is 0 Å². The minimum Gasteiger partial charge on any atom is -0.385 e. The number of hydrogen-bond acceptors (Lipinski definition) is 5. The summed E-state index contributed by atoms with van der Waals surface area (Å²) in [6, 6.07) is 5.08. The van der Waals surface area contributed by atoms with Crippen molar-refractivity contribution in [2.75, 3.05) is 18.4 Å². The summed E-state index contributed by atoms with van der Waals surface area (Å²) in [6.07, 6.45) is 2.62. The van der Waals surface area contributed by atoms with Crippen LogP contribution in [-0.2, 0) is 16.1 Å². The molecule has 128 valence electrons. The van der Waals surface area contributed by atoms with Crippen molar-refractivity contribution in [2.24, 2.45) is 5.73 Å². The lowest BCUT2D eigenvalue weighted by Gasteiger charge is -2.29. The first-order valence-corrected chi connectivity index (χ1v) is 8.31. The average molecular weight is 330 g/mol. The van der Waals surface area contributed by atoms with Gasteiger partial charge in [0, 0.05) is 30.8 Å². The number of nitrogens with two attached hydrogens (primary N) is 1. The van der Waals surface area contributed by atoms with Crippen LogP contribution in [0.25, 0.3) is 0 Å². The normalized spacial score (nSPS) is 20.1. The number of unbranched alkanes of at least 4 members (excludes halogenated alkanes) is 1. The highest BCUT2D eigenvalue weighted by Crippen LogP contribution is 2.29. The lowest BCUT2D eigenvalue weighted by Crippen LogP contribution is -2.52. The number of hydrogen-bond donors (Lipinski definition) is 3. The van der Waals surface area contributed by atoms with Gasteiger partial charge < -0.3 is 16.0 Å². The Labute approximate surface area is 140 Å². The predicted octanol–water partition coefficient (Wildman–Crippen LogP) is 0.598. The van der Waals surface area contributed by atoms with Gasteiger partial charge in [-0.25, -0.2) is 0 Å². The van der Waals surface area contributed by atoms with Gasteiger partial charge in [0.05, 0.1) is 0 Å². The Morgan fingerprint density at radius 3 is 2.83 bits per heavy atom. The molecular weight excluding hydrogens is 308 g/mol. The van der Waals surface area contributed by atoms with Crippen molar-refractivity contribution in [3.8, 4) is 0 Å². The van der Waals surface area contributed by atoms with E-state index >= 15 is 0 Å². The third-order valence-electron chi connectivity index (χ3n) is 4.48. The number of nitrogens with one attached hydrogen (secondary N) is 2. The van der Waals surface area contributed by atoms with E-state index in [9.17, 15) is 14.4 Å². The van der Waals surface area contributed by atoms with Gasteiger partial charge >= 0.3 is 0 Å². The second-order valence-electron chi connectivity index (χ2n) is 6.19. The Kier molecular flexibility index (Phi) is 4.80. The van der Waals surface area contributed by atoms with Gasteiger partial charge in [-0.3, -0.25) is 19.7 Å². The summed E-state index contributed by atoms with van der Waals surface area (Å²) in [5.74, 6) is -0.800. The van der Waals surface area contributed by atoms with Crippen LogP contribution >= 0.6 is 0 Å². The van der Waals surface area contributed by atoms with Crippen LogP contribution in [0.2, 0.25) is 0 Å². The van der Waals surface area contributed by atoms with E-state index in [2.05, 4.69) is 10.6 Å². The molecule has 1 atom stereocenters. The van der Waals surface area contributed by atoms with Crippen LogP contribution in [0.5, 0.6) is 0 Å². The molecule has 1 unspecified atom stereocenters. The van der Waals surface area contributed by atoms with Crippen LogP contribution in [0.15, 0.2) is 18.2 Å². The van der Waals surface area contributed by atoms with Gasteiger partial charge in [-0.1, -0.05) is 0 Å². The Bertz CT molecular complexity index is 674. The average Bonchev–Trinajstić information content (AvgIpc) is 2.88. The number of nitrogens with zero attached hydrogens (tertiary/aromatic N) is 1. The molecule has 1 fully saturated rings. The molecule has 0 saturated carbocycles. The molecule has 7 nitrogen and oxygen atoms in total. The lowest BCUT2D eigenvalue weighted by molar-refractivity contribution is -0.136. The van der Waals surface area contributed by atoms with Gasteiger partial charge in [-0.05, 0) is 49.6 Å². The second kappa shape index (κ2) is 7.00. The number of carbonyl (C=O) groups excluding carboxylic acids is 3. The molecule has 1 saturated heterocycles. The fourth-order valence-corrected chi connectivity index (χ4v) is 3.19. The van der Waals surface area contributed by atoms with E-state index in [-0.39, 0.29) is 24.1 Å². The van der Waals surface area contributed by atoms with Crippen LogP contribution in [0.3, 0.4) is 0 Å². The van der Waals surface area contributed by atoms with Crippen molar-refractivity contribution < 1.29 is 14.4 Å². The molecule has 0 aliphatic carbocycles. The molecule has 24 heavy (non-hydrogen) atoms. The third-order valence-corrected chi connectivity index (χ3v) is 4.48. The summed E-state index contributed by atoms with van der Waals surface area (Å²) in [5, 5.41) is 5.63. The molecule has 0 spiro atoms. The Morgan fingerprint density at radius 2 is 2.08 bits per heavy atom. The van der Waals surface area contributed by atoms with Crippen LogP contribution in [-0.4, -0.2) is 41.8 Å². The van der Waals surface area contributed by atoms with E-state index in [1.54, 1.807) is 11.0 Å². The number of imide groups is 1. The van der Waals surface area contributed by atoms with Crippen molar-refractivity contribution in [1.82, 2.24) is 10.2 Å². The van der Waals surface area contributed by atoms with Crippen LogP contribution in [0.1, 0.15) is 41.6 Å². The zero-order valence-electron chi connectivity index (χ0n) is 13.5. The van der Waals surface area contributed by atoms with E-state index in [0.29, 0.717) is 25.1 Å². The van der Waals surface area contributed by atoms with Crippen LogP contribution < -0.4 is 16.4 Å².